The second-order valence-electron chi connectivity index (χ2n) is 6.26. The van der Waals surface area contributed by atoms with Gasteiger partial charge in [0.2, 0.25) is 0 Å². The van der Waals surface area contributed by atoms with Crippen LogP contribution < -0.4 is 10.1 Å². The van der Waals surface area contributed by atoms with Crippen LogP contribution in [0.4, 0.5) is 18.9 Å². The summed E-state index contributed by atoms with van der Waals surface area (Å²) >= 11 is 1.28. The third-order valence-electron chi connectivity index (χ3n) is 3.66. The highest BCUT2D eigenvalue weighted by molar-refractivity contribution is 7.13. The van der Waals surface area contributed by atoms with Crippen molar-refractivity contribution in [3.8, 4) is 16.3 Å². The molecule has 2 aromatic carbocycles. The fourth-order valence-corrected chi connectivity index (χ4v) is 3.23. The van der Waals surface area contributed by atoms with Gasteiger partial charge in [-0.3, -0.25) is 4.79 Å². The van der Waals surface area contributed by atoms with E-state index >= 15 is 0 Å². The first kappa shape index (κ1) is 19.9. The van der Waals surface area contributed by atoms with Crippen LogP contribution in [-0.4, -0.2) is 17.0 Å². The third-order valence-corrected chi connectivity index (χ3v) is 4.55. The van der Waals surface area contributed by atoms with Gasteiger partial charge in [-0.25, -0.2) is 4.98 Å². The Bertz CT molecular complexity index is 966. The zero-order valence-electron chi connectivity index (χ0n) is 15.1. The highest BCUT2D eigenvalue weighted by Gasteiger charge is 2.30. The summed E-state index contributed by atoms with van der Waals surface area (Å²) in [5, 5.41) is 4.65. The summed E-state index contributed by atoms with van der Waals surface area (Å²) in [5.74, 6) is 0.166. The average Bonchev–Trinajstić information content (AvgIpc) is 3.12. The summed E-state index contributed by atoms with van der Waals surface area (Å²) in [6.45, 7) is 3.87. The Labute approximate surface area is 164 Å². The molecule has 146 valence electrons. The Kier molecular flexibility index (Phi) is 5.69. The van der Waals surface area contributed by atoms with Crippen molar-refractivity contribution in [1.29, 1.82) is 0 Å². The lowest BCUT2D eigenvalue weighted by atomic mass is 10.2. The van der Waals surface area contributed by atoms with E-state index < -0.39 is 17.6 Å². The molecule has 1 heterocycles. The number of benzene rings is 2. The van der Waals surface area contributed by atoms with Gasteiger partial charge in [-0.1, -0.05) is 6.07 Å². The summed E-state index contributed by atoms with van der Waals surface area (Å²) in [6, 6.07) is 11.8. The molecule has 0 unspecified atom stereocenters. The normalized spacial score (nSPS) is 11.5. The number of anilines is 1. The maximum atomic E-state index is 12.8. The summed E-state index contributed by atoms with van der Waals surface area (Å²) in [6.07, 6.45) is -4.41. The number of ether oxygens (including phenoxy) is 1. The van der Waals surface area contributed by atoms with Crippen molar-refractivity contribution >= 4 is 22.9 Å². The van der Waals surface area contributed by atoms with E-state index in [4.69, 9.17) is 4.74 Å². The Morgan fingerprint density at radius 3 is 2.50 bits per heavy atom. The Morgan fingerprint density at radius 1 is 1.14 bits per heavy atom. The van der Waals surface area contributed by atoms with Crippen LogP contribution in [0.15, 0.2) is 53.9 Å². The zero-order chi connectivity index (χ0) is 20.3. The molecule has 3 rings (SSSR count). The molecule has 1 aromatic heterocycles. The fourth-order valence-electron chi connectivity index (χ4n) is 2.43. The number of hydrogen-bond acceptors (Lipinski definition) is 4. The summed E-state index contributed by atoms with van der Waals surface area (Å²) in [4.78, 5) is 16.6. The maximum absolute atomic E-state index is 12.8. The topological polar surface area (TPSA) is 51.2 Å². The number of carbonyl (C=O) groups is 1. The summed E-state index contributed by atoms with van der Waals surface area (Å²) < 4.78 is 43.9. The third kappa shape index (κ3) is 4.89. The number of amides is 1. The molecule has 0 atom stereocenters. The van der Waals surface area contributed by atoms with Crippen molar-refractivity contribution in [3.63, 3.8) is 0 Å². The van der Waals surface area contributed by atoms with E-state index in [0.717, 1.165) is 23.4 Å². The highest BCUT2D eigenvalue weighted by atomic mass is 32.1. The lowest BCUT2D eigenvalue weighted by molar-refractivity contribution is -0.137. The molecule has 0 aliphatic carbocycles. The molecule has 8 heteroatoms. The minimum absolute atomic E-state index is 0.0598. The smallest absolute Gasteiger partial charge is 0.416 e. The van der Waals surface area contributed by atoms with Crippen molar-refractivity contribution < 1.29 is 22.7 Å². The highest BCUT2D eigenvalue weighted by Crippen LogP contribution is 2.31. The van der Waals surface area contributed by atoms with E-state index in [1.165, 1.54) is 23.5 Å². The van der Waals surface area contributed by atoms with Crippen LogP contribution in [0.5, 0.6) is 5.75 Å². The predicted octanol–water partition coefficient (Wildman–Crippen LogP) is 5.87. The molecule has 1 N–H and O–H groups in total. The minimum Gasteiger partial charge on any atom is -0.491 e. The largest absolute Gasteiger partial charge is 0.491 e. The van der Waals surface area contributed by atoms with E-state index in [0.29, 0.717) is 5.01 Å². The van der Waals surface area contributed by atoms with E-state index in [-0.39, 0.29) is 17.5 Å². The number of nitrogens with zero attached hydrogens (tertiary/aromatic N) is 1. The van der Waals surface area contributed by atoms with Crippen molar-refractivity contribution in [3.05, 3.63) is 65.2 Å². The second kappa shape index (κ2) is 8.02. The number of hydrogen-bond donors (Lipinski definition) is 1. The minimum atomic E-state index is -4.47. The SMILES string of the molecule is CC(C)Oc1ccc(-c2nc(C(=O)Nc3cccc(C(F)(F)F)c3)cs2)cc1. The fraction of sp³-hybridized carbons (Fsp3) is 0.200. The molecular weight excluding hydrogens is 389 g/mol. The van der Waals surface area contributed by atoms with Crippen LogP contribution in [0.3, 0.4) is 0 Å². The Balaban J connectivity index is 1.72. The van der Waals surface area contributed by atoms with Crippen molar-refractivity contribution in [1.82, 2.24) is 4.98 Å². The van der Waals surface area contributed by atoms with Gasteiger partial charge in [0.1, 0.15) is 16.5 Å². The molecule has 0 bridgehead atoms. The van der Waals surface area contributed by atoms with Gasteiger partial charge in [-0.2, -0.15) is 13.2 Å². The number of alkyl halides is 3. The number of aromatic nitrogens is 1. The van der Waals surface area contributed by atoms with E-state index in [2.05, 4.69) is 10.3 Å². The lowest BCUT2D eigenvalue weighted by Crippen LogP contribution is -2.13. The standard InChI is InChI=1S/C20H17F3N2O2S/c1-12(2)27-16-8-6-13(7-9-16)19-25-17(11-28-19)18(26)24-15-5-3-4-14(10-15)20(21,22)23/h3-12H,1-2H3,(H,24,26). The van der Waals surface area contributed by atoms with Gasteiger partial charge in [0.05, 0.1) is 11.7 Å². The van der Waals surface area contributed by atoms with E-state index in [1.807, 2.05) is 38.1 Å². The van der Waals surface area contributed by atoms with Crippen molar-refractivity contribution in [2.75, 3.05) is 5.32 Å². The molecule has 0 spiro atoms. The molecule has 1 amide bonds. The Morgan fingerprint density at radius 2 is 1.86 bits per heavy atom. The zero-order valence-corrected chi connectivity index (χ0v) is 15.9. The molecule has 28 heavy (non-hydrogen) atoms. The maximum Gasteiger partial charge on any atom is 0.416 e. The first-order chi connectivity index (χ1) is 13.2. The summed E-state index contributed by atoms with van der Waals surface area (Å²) in [5.41, 5.74) is 0.191. The summed E-state index contributed by atoms with van der Waals surface area (Å²) in [7, 11) is 0. The number of thiazole rings is 1. The number of rotatable bonds is 5. The van der Waals surface area contributed by atoms with Gasteiger partial charge in [0.15, 0.2) is 0 Å². The number of halogens is 3. The van der Waals surface area contributed by atoms with Gasteiger partial charge >= 0.3 is 6.18 Å². The van der Waals surface area contributed by atoms with Crippen molar-refractivity contribution in [2.24, 2.45) is 0 Å². The molecule has 0 fully saturated rings. The molecular formula is C20H17F3N2O2S. The second-order valence-corrected chi connectivity index (χ2v) is 7.12. The first-order valence-electron chi connectivity index (χ1n) is 8.43. The van der Waals surface area contributed by atoms with Gasteiger partial charge in [0.25, 0.3) is 5.91 Å². The quantitative estimate of drug-likeness (QED) is 0.577. The van der Waals surface area contributed by atoms with E-state index in [9.17, 15) is 18.0 Å². The van der Waals surface area contributed by atoms with Crippen LogP contribution in [-0.2, 0) is 6.18 Å². The predicted molar refractivity (Wildman–Crippen MR) is 103 cm³/mol. The van der Waals surface area contributed by atoms with Gasteiger partial charge in [-0.15, -0.1) is 11.3 Å². The van der Waals surface area contributed by atoms with Gasteiger partial charge in [0, 0.05) is 16.6 Å². The molecule has 0 aliphatic heterocycles. The van der Waals surface area contributed by atoms with Gasteiger partial charge < -0.3 is 10.1 Å². The van der Waals surface area contributed by atoms with Crippen molar-refractivity contribution in [2.45, 2.75) is 26.1 Å². The van der Waals surface area contributed by atoms with Gasteiger partial charge in [-0.05, 0) is 56.3 Å². The monoisotopic (exact) mass is 406 g/mol. The molecule has 0 saturated carbocycles. The lowest BCUT2D eigenvalue weighted by Gasteiger charge is -2.09. The molecule has 4 nitrogen and oxygen atoms in total. The van der Waals surface area contributed by atoms with Crippen LogP contribution in [0, 0.1) is 0 Å². The molecule has 0 aliphatic rings. The first-order valence-corrected chi connectivity index (χ1v) is 9.31. The van der Waals surface area contributed by atoms with Crippen LogP contribution in [0.25, 0.3) is 10.6 Å². The molecule has 0 saturated heterocycles. The Hall–Kier alpha value is -2.87. The van der Waals surface area contributed by atoms with Crippen LogP contribution >= 0.6 is 11.3 Å². The van der Waals surface area contributed by atoms with E-state index in [1.54, 1.807) is 5.38 Å². The molecule has 0 radical (unpaired) electrons. The molecule has 3 aromatic rings. The number of nitrogens with one attached hydrogen (secondary N) is 1. The average molecular weight is 406 g/mol. The van der Waals surface area contributed by atoms with Crippen LogP contribution in [0.1, 0.15) is 29.9 Å². The number of carbonyl (C=O) groups excluding carboxylic acids is 1. The van der Waals surface area contributed by atoms with Crippen LogP contribution in [0.2, 0.25) is 0 Å².